The molecule has 1 aliphatic heterocycles. The van der Waals surface area contributed by atoms with Crippen molar-refractivity contribution < 1.29 is 14.3 Å². The van der Waals surface area contributed by atoms with Gasteiger partial charge < -0.3 is 15.2 Å². The third-order valence-corrected chi connectivity index (χ3v) is 4.49. The van der Waals surface area contributed by atoms with Gasteiger partial charge in [-0.25, -0.2) is 0 Å². The van der Waals surface area contributed by atoms with Crippen LogP contribution in [0, 0.1) is 0 Å². The predicted octanol–water partition coefficient (Wildman–Crippen LogP) is 2.26. The SMILES string of the molecule is NC(=O)C[C@@]1(COc2cccc(Cl)c2)CN(Cc2cccnc2)CCO1. The molecule has 1 fully saturated rings. The van der Waals surface area contributed by atoms with Crippen molar-refractivity contribution in [3.63, 3.8) is 0 Å². The number of benzene rings is 1. The number of halogens is 1. The second-order valence-electron chi connectivity index (χ2n) is 6.49. The van der Waals surface area contributed by atoms with Crippen molar-refractivity contribution in [2.75, 3.05) is 26.3 Å². The minimum atomic E-state index is -0.783. The van der Waals surface area contributed by atoms with Crippen LogP contribution in [0.5, 0.6) is 5.75 Å². The molecule has 1 amide bonds. The lowest BCUT2D eigenvalue weighted by Gasteiger charge is -2.42. The number of carbonyl (C=O) groups excluding carboxylic acids is 1. The van der Waals surface area contributed by atoms with Gasteiger partial charge in [-0.1, -0.05) is 23.7 Å². The summed E-state index contributed by atoms with van der Waals surface area (Å²) in [5, 5.41) is 0.592. The number of hydrogen-bond donors (Lipinski definition) is 1. The molecule has 138 valence electrons. The zero-order chi connectivity index (χ0) is 18.4. The number of pyridine rings is 1. The number of nitrogens with zero attached hydrogens (tertiary/aromatic N) is 2. The third kappa shape index (κ3) is 5.17. The van der Waals surface area contributed by atoms with Gasteiger partial charge in [-0.3, -0.25) is 14.7 Å². The lowest BCUT2D eigenvalue weighted by atomic mass is 9.97. The Balaban J connectivity index is 1.70. The second-order valence-corrected chi connectivity index (χ2v) is 6.93. The first kappa shape index (κ1) is 18.6. The fourth-order valence-corrected chi connectivity index (χ4v) is 3.32. The average Bonchev–Trinajstić information content (AvgIpc) is 2.61. The van der Waals surface area contributed by atoms with Gasteiger partial charge in [0.15, 0.2) is 0 Å². The first-order chi connectivity index (χ1) is 12.5. The average molecular weight is 376 g/mol. The summed E-state index contributed by atoms with van der Waals surface area (Å²) in [4.78, 5) is 18.0. The highest BCUT2D eigenvalue weighted by Crippen LogP contribution is 2.26. The molecular weight excluding hydrogens is 354 g/mol. The van der Waals surface area contributed by atoms with Crippen LogP contribution in [-0.4, -0.2) is 47.7 Å². The summed E-state index contributed by atoms with van der Waals surface area (Å²) in [6, 6.07) is 11.1. The van der Waals surface area contributed by atoms with E-state index in [-0.39, 0.29) is 13.0 Å². The summed E-state index contributed by atoms with van der Waals surface area (Å²) in [6.45, 7) is 2.78. The molecule has 7 heteroatoms. The van der Waals surface area contributed by atoms with Gasteiger partial charge in [-0.2, -0.15) is 0 Å². The molecule has 0 spiro atoms. The summed E-state index contributed by atoms with van der Waals surface area (Å²) >= 11 is 6.00. The lowest BCUT2D eigenvalue weighted by molar-refractivity contribution is -0.148. The smallest absolute Gasteiger partial charge is 0.220 e. The fraction of sp³-hybridized carbons (Fsp3) is 0.368. The summed E-state index contributed by atoms with van der Waals surface area (Å²) in [7, 11) is 0. The Morgan fingerprint density at radius 1 is 1.38 bits per heavy atom. The van der Waals surface area contributed by atoms with Crippen molar-refractivity contribution in [3.8, 4) is 5.75 Å². The highest BCUT2D eigenvalue weighted by molar-refractivity contribution is 6.30. The monoisotopic (exact) mass is 375 g/mol. The van der Waals surface area contributed by atoms with E-state index in [1.165, 1.54) is 0 Å². The molecule has 2 heterocycles. The predicted molar refractivity (Wildman–Crippen MR) is 99.0 cm³/mol. The summed E-state index contributed by atoms with van der Waals surface area (Å²) in [6.07, 6.45) is 3.68. The summed E-state index contributed by atoms with van der Waals surface area (Å²) in [5.74, 6) is 0.220. The van der Waals surface area contributed by atoms with Crippen LogP contribution in [-0.2, 0) is 16.1 Å². The van der Waals surface area contributed by atoms with Crippen molar-refractivity contribution in [1.29, 1.82) is 0 Å². The van der Waals surface area contributed by atoms with Gasteiger partial charge in [0.25, 0.3) is 0 Å². The van der Waals surface area contributed by atoms with Gasteiger partial charge in [-0.05, 0) is 29.8 Å². The highest BCUT2D eigenvalue weighted by Gasteiger charge is 2.39. The molecule has 2 N–H and O–H groups in total. The molecule has 1 atom stereocenters. The molecule has 6 nitrogen and oxygen atoms in total. The number of amides is 1. The topological polar surface area (TPSA) is 77.7 Å². The number of rotatable bonds is 7. The van der Waals surface area contributed by atoms with E-state index in [9.17, 15) is 4.79 Å². The quantitative estimate of drug-likeness (QED) is 0.803. The van der Waals surface area contributed by atoms with Gasteiger partial charge >= 0.3 is 0 Å². The van der Waals surface area contributed by atoms with Crippen molar-refractivity contribution in [1.82, 2.24) is 9.88 Å². The molecule has 0 bridgehead atoms. The van der Waals surface area contributed by atoms with Crippen LogP contribution >= 0.6 is 11.6 Å². The normalized spacial score (nSPS) is 20.7. The van der Waals surface area contributed by atoms with Crippen LogP contribution in [0.3, 0.4) is 0 Å². The van der Waals surface area contributed by atoms with Gasteiger partial charge in [0.2, 0.25) is 5.91 Å². The molecule has 26 heavy (non-hydrogen) atoms. The first-order valence-corrected chi connectivity index (χ1v) is 8.84. The maximum Gasteiger partial charge on any atom is 0.220 e. The number of primary amides is 1. The number of morpholine rings is 1. The highest BCUT2D eigenvalue weighted by atomic mass is 35.5. The molecule has 0 aliphatic carbocycles. The van der Waals surface area contributed by atoms with Crippen LogP contribution in [0.25, 0.3) is 0 Å². The number of nitrogens with two attached hydrogens (primary N) is 1. The van der Waals surface area contributed by atoms with E-state index in [4.69, 9.17) is 26.8 Å². The lowest BCUT2D eigenvalue weighted by Crippen LogP contribution is -2.56. The zero-order valence-electron chi connectivity index (χ0n) is 14.4. The van der Waals surface area contributed by atoms with Crippen LogP contribution in [0.2, 0.25) is 5.02 Å². The Morgan fingerprint density at radius 2 is 2.27 bits per heavy atom. The molecule has 0 saturated carbocycles. The summed E-state index contributed by atoms with van der Waals surface area (Å²) in [5.41, 5.74) is 5.80. The molecular formula is C19H22ClN3O3. The van der Waals surface area contributed by atoms with E-state index < -0.39 is 11.5 Å². The van der Waals surface area contributed by atoms with Crippen molar-refractivity contribution in [2.45, 2.75) is 18.6 Å². The third-order valence-electron chi connectivity index (χ3n) is 4.25. The standard InChI is InChI=1S/C19H22ClN3O3/c20-16-4-1-5-17(9-16)25-14-19(10-18(21)24)13-23(7-8-26-19)12-15-3-2-6-22-11-15/h1-6,9,11H,7-8,10,12-14H2,(H2,21,24)/t19-/m0/s1. The van der Waals surface area contributed by atoms with E-state index in [1.54, 1.807) is 18.3 Å². The molecule has 0 radical (unpaired) electrons. The molecule has 1 aromatic carbocycles. The van der Waals surface area contributed by atoms with Crippen molar-refractivity contribution in [3.05, 3.63) is 59.4 Å². The minimum absolute atomic E-state index is 0.0944. The van der Waals surface area contributed by atoms with E-state index in [0.717, 1.165) is 18.7 Å². The molecule has 3 rings (SSSR count). The maximum absolute atomic E-state index is 11.6. The summed E-state index contributed by atoms with van der Waals surface area (Å²) < 4.78 is 11.9. The van der Waals surface area contributed by atoms with Gasteiger partial charge in [0.05, 0.1) is 13.0 Å². The van der Waals surface area contributed by atoms with E-state index >= 15 is 0 Å². The Bertz CT molecular complexity index is 744. The molecule has 1 aliphatic rings. The van der Waals surface area contributed by atoms with E-state index in [0.29, 0.717) is 23.9 Å². The largest absolute Gasteiger partial charge is 0.490 e. The maximum atomic E-state index is 11.6. The molecule has 2 aromatic rings. The number of hydrogen-bond acceptors (Lipinski definition) is 5. The van der Waals surface area contributed by atoms with E-state index in [1.807, 2.05) is 30.5 Å². The molecule has 0 unspecified atom stereocenters. The molecule has 1 aromatic heterocycles. The second kappa shape index (κ2) is 8.49. The van der Waals surface area contributed by atoms with Gasteiger partial charge in [0.1, 0.15) is 18.0 Å². The van der Waals surface area contributed by atoms with Crippen molar-refractivity contribution >= 4 is 17.5 Å². The number of aromatic nitrogens is 1. The van der Waals surface area contributed by atoms with Crippen LogP contribution in [0.15, 0.2) is 48.8 Å². The minimum Gasteiger partial charge on any atom is -0.490 e. The van der Waals surface area contributed by atoms with E-state index in [2.05, 4.69) is 9.88 Å². The first-order valence-electron chi connectivity index (χ1n) is 8.47. The van der Waals surface area contributed by atoms with Gasteiger partial charge in [0, 0.05) is 37.1 Å². The number of carbonyl (C=O) groups is 1. The zero-order valence-corrected chi connectivity index (χ0v) is 15.2. The number of ether oxygens (including phenoxy) is 2. The Labute approximate surface area is 157 Å². The Morgan fingerprint density at radius 3 is 3.00 bits per heavy atom. The molecule has 1 saturated heterocycles. The van der Waals surface area contributed by atoms with Crippen molar-refractivity contribution in [2.24, 2.45) is 5.73 Å². The fourth-order valence-electron chi connectivity index (χ4n) is 3.14. The van der Waals surface area contributed by atoms with Crippen LogP contribution in [0.4, 0.5) is 0 Å². The Hall–Kier alpha value is -2.15. The van der Waals surface area contributed by atoms with Crippen LogP contribution < -0.4 is 10.5 Å². The van der Waals surface area contributed by atoms with Crippen LogP contribution in [0.1, 0.15) is 12.0 Å². The Kier molecular flexibility index (Phi) is 6.08. The van der Waals surface area contributed by atoms with Gasteiger partial charge in [-0.15, -0.1) is 0 Å².